The number of likely N-dealkylation sites (tertiary alicyclic amines) is 1. The maximum atomic E-state index is 12.2. The van der Waals surface area contributed by atoms with Crippen molar-refractivity contribution in [1.82, 2.24) is 9.88 Å². The maximum Gasteiger partial charge on any atom is 0.410 e. The highest BCUT2D eigenvalue weighted by atomic mass is 16.6. The average Bonchev–Trinajstić information content (AvgIpc) is 3.14. The van der Waals surface area contributed by atoms with E-state index in [1.807, 2.05) is 30.3 Å². The standard InChI is InChI=1S/C15H16N2O4/c18-12-8-13(14-16-6-7-20-14)17(9-12)15(19)21-10-11-4-2-1-3-5-11/h1-7,12-13,18H,8-10H2/t12-,13+/m1/s1. The summed E-state index contributed by atoms with van der Waals surface area (Å²) in [6, 6.07) is 9.07. The van der Waals surface area contributed by atoms with Crippen LogP contribution >= 0.6 is 0 Å². The number of aliphatic hydroxyl groups is 1. The molecular weight excluding hydrogens is 272 g/mol. The molecule has 1 aliphatic rings. The third-order valence-electron chi connectivity index (χ3n) is 3.46. The first-order chi connectivity index (χ1) is 10.2. The lowest BCUT2D eigenvalue weighted by molar-refractivity contribution is 0.0841. The molecule has 0 aliphatic carbocycles. The van der Waals surface area contributed by atoms with Crippen molar-refractivity contribution in [2.45, 2.75) is 25.2 Å². The van der Waals surface area contributed by atoms with Crippen LogP contribution in [0.25, 0.3) is 0 Å². The van der Waals surface area contributed by atoms with Gasteiger partial charge in [-0.2, -0.15) is 0 Å². The lowest BCUT2D eigenvalue weighted by atomic mass is 10.2. The zero-order valence-electron chi connectivity index (χ0n) is 11.4. The quantitative estimate of drug-likeness (QED) is 0.936. The summed E-state index contributed by atoms with van der Waals surface area (Å²) in [5, 5.41) is 9.78. The summed E-state index contributed by atoms with van der Waals surface area (Å²) >= 11 is 0. The van der Waals surface area contributed by atoms with E-state index in [9.17, 15) is 9.90 Å². The second kappa shape index (κ2) is 5.97. The number of nitrogens with zero attached hydrogens (tertiary/aromatic N) is 2. The summed E-state index contributed by atoms with van der Waals surface area (Å²) in [6.07, 6.45) is 2.31. The van der Waals surface area contributed by atoms with Crippen molar-refractivity contribution in [3.05, 3.63) is 54.2 Å². The number of carbonyl (C=O) groups excluding carboxylic acids is 1. The van der Waals surface area contributed by atoms with Gasteiger partial charge in [0.25, 0.3) is 0 Å². The topological polar surface area (TPSA) is 75.8 Å². The number of aliphatic hydroxyl groups excluding tert-OH is 1. The van der Waals surface area contributed by atoms with E-state index < -0.39 is 12.2 Å². The smallest absolute Gasteiger partial charge is 0.410 e. The van der Waals surface area contributed by atoms with Crippen LogP contribution in [0.5, 0.6) is 0 Å². The van der Waals surface area contributed by atoms with Crippen molar-refractivity contribution in [3.63, 3.8) is 0 Å². The summed E-state index contributed by atoms with van der Waals surface area (Å²) in [6.45, 7) is 0.422. The van der Waals surface area contributed by atoms with Crippen molar-refractivity contribution in [1.29, 1.82) is 0 Å². The molecule has 0 radical (unpaired) electrons. The van der Waals surface area contributed by atoms with E-state index >= 15 is 0 Å². The fraction of sp³-hybridized carbons (Fsp3) is 0.333. The molecule has 6 nitrogen and oxygen atoms in total. The summed E-state index contributed by atoms with van der Waals surface area (Å²) < 4.78 is 10.5. The molecule has 0 spiro atoms. The zero-order valence-corrected chi connectivity index (χ0v) is 11.4. The Morgan fingerprint density at radius 2 is 2.24 bits per heavy atom. The molecule has 1 saturated heterocycles. The van der Waals surface area contributed by atoms with E-state index in [2.05, 4.69) is 4.98 Å². The first kappa shape index (κ1) is 13.6. The molecule has 1 N–H and O–H groups in total. The molecule has 21 heavy (non-hydrogen) atoms. The molecule has 1 aromatic carbocycles. The summed E-state index contributed by atoms with van der Waals surface area (Å²) in [5.74, 6) is 0.420. The van der Waals surface area contributed by atoms with E-state index in [0.29, 0.717) is 12.3 Å². The van der Waals surface area contributed by atoms with E-state index in [4.69, 9.17) is 9.15 Å². The van der Waals surface area contributed by atoms with Crippen LogP contribution in [0, 0.1) is 0 Å². The number of rotatable bonds is 3. The molecule has 1 aromatic heterocycles. The molecule has 2 atom stereocenters. The predicted octanol–water partition coefficient (Wildman–Crippen LogP) is 2.12. The summed E-state index contributed by atoms with van der Waals surface area (Å²) in [7, 11) is 0. The average molecular weight is 288 g/mol. The Kier molecular flexibility index (Phi) is 3.87. The van der Waals surface area contributed by atoms with Gasteiger partial charge in [-0.05, 0) is 5.56 Å². The SMILES string of the molecule is O=C(OCc1ccccc1)N1C[C@H](O)C[C@H]1c1ncco1. The lowest BCUT2D eigenvalue weighted by Crippen LogP contribution is -2.32. The second-order valence-corrected chi connectivity index (χ2v) is 4.97. The summed E-state index contributed by atoms with van der Waals surface area (Å²) in [4.78, 5) is 17.7. The Hall–Kier alpha value is -2.34. The highest BCUT2D eigenvalue weighted by Crippen LogP contribution is 2.31. The largest absolute Gasteiger partial charge is 0.447 e. The Balaban J connectivity index is 1.65. The molecule has 110 valence electrons. The van der Waals surface area contributed by atoms with Crippen molar-refractivity contribution >= 4 is 6.09 Å². The number of benzene rings is 1. The van der Waals surface area contributed by atoms with Gasteiger partial charge in [0.05, 0.1) is 18.8 Å². The fourth-order valence-electron chi connectivity index (χ4n) is 2.45. The monoisotopic (exact) mass is 288 g/mol. The highest BCUT2D eigenvalue weighted by Gasteiger charge is 2.38. The van der Waals surface area contributed by atoms with Gasteiger partial charge in [-0.15, -0.1) is 0 Å². The number of amides is 1. The minimum atomic E-state index is -0.592. The van der Waals surface area contributed by atoms with Gasteiger partial charge in [-0.1, -0.05) is 30.3 Å². The fourth-order valence-corrected chi connectivity index (χ4v) is 2.45. The van der Waals surface area contributed by atoms with Crippen molar-refractivity contribution in [2.75, 3.05) is 6.54 Å². The Labute approximate surface area is 122 Å². The van der Waals surface area contributed by atoms with Gasteiger partial charge in [0.15, 0.2) is 0 Å². The van der Waals surface area contributed by atoms with Crippen molar-refractivity contribution < 1.29 is 19.1 Å². The normalized spacial score (nSPS) is 21.5. The molecule has 1 amide bonds. The number of aromatic nitrogens is 1. The molecule has 2 aromatic rings. The molecule has 1 fully saturated rings. The van der Waals surface area contributed by atoms with Crippen LogP contribution < -0.4 is 0 Å². The van der Waals surface area contributed by atoms with Gasteiger partial charge in [0.2, 0.25) is 5.89 Å². The molecule has 1 aliphatic heterocycles. The van der Waals surface area contributed by atoms with Crippen molar-refractivity contribution in [3.8, 4) is 0 Å². The number of carbonyl (C=O) groups is 1. The Bertz CT molecular complexity index is 585. The number of hydrogen-bond acceptors (Lipinski definition) is 5. The van der Waals surface area contributed by atoms with Crippen LogP contribution in [0.2, 0.25) is 0 Å². The maximum absolute atomic E-state index is 12.2. The summed E-state index contributed by atoms with van der Waals surface area (Å²) in [5.41, 5.74) is 0.915. The second-order valence-electron chi connectivity index (χ2n) is 4.97. The Morgan fingerprint density at radius 1 is 1.43 bits per heavy atom. The lowest BCUT2D eigenvalue weighted by Gasteiger charge is -2.21. The van der Waals surface area contributed by atoms with E-state index in [1.54, 1.807) is 0 Å². The first-order valence-corrected chi connectivity index (χ1v) is 6.79. The van der Waals surface area contributed by atoms with Crippen LogP contribution in [0.15, 0.2) is 47.2 Å². The highest BCUT2D eigenvalue weighted by molar-refractivity contribution is 5.68. The molecular formula is C15H16N2O4. The minimum absolute atomic E-state index is 0.199. The number of β-amino-alcohol motifs (C(OH)–C–C–N with tert-alkyl or cyclic N) is 1. The minimum Gasteiger partial charge on any atom is -0.447 e. The van der Waals surface area contributed by atoms with E-state index in [-0.39, 0.29) is 19.2 Å². The predicted molar refractivity (Wildman–Crippen MR) is 73.2 cm³/mol. The van der Waals surface area contributed by atoms with Crippen molar-refractivity contribution in [2.24, 2.45) is 0 Å². The number of hydrogen-bond donors (Lipinski definition) is 1. The Morgan fingerprint density at radius 3 is 2.95 bits per heavy atom. The van der Waals surface area contributed by atoms with Gasteiger partial charge >= 0.3 is 6.09 Å². The van der Waals surface area contributed by atoms with Crippen LogP contribution in [-0.4, -0.2) is 33.7 Å². The van der Waals surface area contributed by atoms with Gasteiger partial charge in [0, 0.05) is 6.42 Å². The molecule has 0 saturated carbocycles. The molecule has 2 heterocycles. The first-order valence-electron chi connectivity index (χ1n) is 6.79. The van der Waals surface area contributed by atoms with E-state index in [1.165, 1.54) is 17.4 Å². The third-order valence-corrected chi connectivity index (χ3v) is 3.46. The molecule has 6 heteroatoms. The molecule has 0 bridgehead atoms. The number of ether oxygens (including phenoxy) is 1. The van der Waals surface area contributed by atoms with Gasteiger partial charge in [0.1, 0.15) is 18.9 Å². The molecule has 0 unspecified atom stereocenters. The zero-order chi connectivity index (χ0) is 14.7. The van der Waals surface area contributed by atoms with Gasteiger partial charge < -0.3 is 14.3 Å². The van der Waals surface area contributed by atoms with Gasteiger partial charge in [-0.25, -0.2) is 9.78 Å². The molecule has 3 rings (SSSR count). The van der Waals surface area contributed by atoms with Crippen LogP contribution in [0.4, 0.5) is 4.79 Å². The van der Waals surface area contributed by atoms with Crippen LogP contribution in [0.3, 0.4) is 0 Å². The van der Waals surface area contributed by atoms with Crippen LogP contribution in [-0.2, 0) is 11.3 Å². The third kappa shape index (κ3) is 3.05. The van der Waals surface area contributed by atoms with Crippen LogP contribution in [0.1, 0.15) is 23.9 Å². The van der Waals surface area contributed by atoms with Gasteiger partial charge in [-0.3, -0.25) is 4.90 Å². The van der Waals surface area contributed by atoms with E-state index in [0.717, 1.165) is 5.56 Å². The number of oxazole rings is 1.